The second-order valence-electron chi connectivity index (χ2n) is 5.52. The van der Waals surface area contributed by atoms with E-state index in [2.05, 4.69) is 20.8 Å². The molecule has 2 heteroatoms. The summed E-state index contributed by atoms with van der Waals surface area (Å²) in [5.41, 5.74) is 5.79. The molecule has 0 aromatic rings. The average Bonchev–Trinajstić information content (AvgIpc) is 2.28. The standard InChI is InChI=1S/C12H25NO/c1-11(2,3)14-12(10-13)8-6-4-5-7-9-12/h4-10,13H2,1-3H3. The number of rotatable bonds is 2. The Morgan fingerprint density at radius 3 is 1.93 bits per heavy atom. The summed E-state index contributed by atoms with van der Waals surface area (Å²) >= 11 is 0. The van der Waals surface area contributed by atoms with E-state index in [-0.39, 0.29) is 11.2 Å². The van der Waals surface area contributed by atoms with Crippen LogP contribution in [0.25, 0.3) is 0 Å². The van der Waals surface area contributed by atoms with Crippen molar-refractivity contribution in [2.75, 3.05) is 6.54 Å². The Hall–Kier alpha value is -0.0800. The van der Waals surface area contributed by atoms with Gasteiger partial charge in [-0.15, -0.1) is 0 Å². The third-order valence-corrected chi connectivity index (χ3v) is 2.91. The van der Waals surface area contributed by atoms with Crippen LogP contribution in [0, 0.1) is 0 Å². The van der Waals surface area contributed by atoms with Crippen LogP contribution < -0.4 is 5.73 Å². The SMILES string of the molecule is CC(C)(C)OC1(CN)CCCCCC1. The van der Waals surface area contributed by atoms with Crippen LogP contribution in [0.3, 0.4) is 0 Å². The topological polar surface area (TPSA) is 35.2 Å². The quantitative estimate of drug-likeness (QED) is 0.694. The molecule has 0 spiro atoms. The first kappa shape index (κ1) is 12.0. The van der Waals surface area contributed by atoms with Crippen molar-refractivity contribution in [1.29, 1.82) is 0 Å². The molecule has 1 rings (SSSR count). The van der Waals surface area contributed by atoms with E-state index in [1.54, 1.807) is 0 Å². The van der Waals surface area contributed by atoms with Crippen molar-refractivity contribution in [3.05, 3.63) is 0 Å². The molecular formula is C12H25NO. The number of hydrogen-bond acceptors (Lipinski definition) is 2. The minimum absolute atomic E-state index is 0.0330. The molecule has 0 unspecified atom stereocenters. The zero-order chi connectivity index (χ0) is 10.7. The molecule has 1 fully saturated rings. The van der Waals surface area contributed by atoms with E-state index in [4.69, 9.17) is 10.5 Å². The van der Waals surface area contributed by atoms with E-state index >= 15 is 0 Å². The largest absolute Gasteiger partial charge is 0.368 e. The Bertz CT molecular complexity index is 164. The molecule has 0 aliphatic heterocycles. The highest BCUT2D eigenvalue weighted by Crippen LogP contribution is 2.33. The van der Waals surface area contributed by atoms with Crippen molar-refractivity contribution < 1.29 is 4.74 Å². The predicted molar refractivity (Wildman–Crippen MR) is 60.3 cm³/mol. The monoisotopic (exact) mass is 199 g/mol. The second-order valence-corrected chi connectivity index (χ2v) is 5.52. The maximum atomic E-state index is 6.17. The zero-order valence-electron chi connectivity index (χ0n) is 9.94. The molecule has 1 aliphatic carbocycles. The van der Waals surface area contributed by atoms with Gasteiger partial charge in [0.05, 0.1) is 11.2 Å². The zero-order valence-corrected chi connectivity index (χ0v) is 9.94. The molecule has 0 amide bonds. The number of hydrogen-bond donors (Lipinski definition) is 1. The van der Waals surface area contributed by atoms with Crippen LogP contribution in [0.1, 0.15) is 59.3 Å². The first-order chi connectivity index (χ1) is 6.47. The summed E-state index contributed by atoms with van der Waals surface area (Å²) in [6.45, 7) is 7.03. The molecule has 84 valence electrons. The van der Waals surface area contributed by atoms with Gasteiger partial charge in [-0.1, -0.05) is 25.7 Å². The van der Waals surface area contributed by atoms with Crippen LogP contribution in [0.4, 0.5) is 0 Å². The minimum Gasteiger partial charge on any atom is -0.368 e. The van der Waals surface area contributed by atoms with Gasteiger partial charge in [0.2, 0.25) is 0 Å². The highest BCUT2D eigenvalue weighted by molar-refractivity contribution is 4.86. The van der Waals surface area contributed by atoms with Crippen LogP contribution in [0.2, 0.25) is 0 Å². The molecule has 0 saturated heterocycles. The van der Waals surface area contributed by atoms with Gasteiger partial charge in [0.15, 0.2) is 0 Å². The maximum Gasteiger partial charge on any atom is 0.0811 e. The van der Waals surface area contributed by atoms with Gasteiger partial charge in [-0.3, -0.25) is 0 Å². The lowest BCUT2D eigenvalue weighted by molar-refractivity contribution is -0.134. The van der Waals surface area contributed by atoms with Gasteiger partial charge in [0, 0.05) is 6.54 Å². The number of ether oxygens (including phenoxy) is 1. The van der Waals surface area contributed by atoms with E-state index in [1.165, 1.54) is 25.7 Å². The van der Waals surface area contributed by atoms with Crippen LogP contribution in [0.5, 0.6) is 0 Å². The van der Waals surface area contributed by atoms with Crippen molar-refractivity contribution in [2.45, 2.75) is 70.5 Å². The lowest BCUT2D eigenvalue weighted by atomic mass is 9.93. The lowest BCUT2D eigenvalue weighted by Crippen LogP contribution is -2.45. The van der Waals surface area contributed by atoms with E-state index in [9.17, 15) is 0 Å². The van der Waals surface area contributed by atoms with Crippen molar-refractivity contribution in [1.82, 2.24) is 0 Å². The van der Waals surface area contributed by atoms with Crippen molar-refractivity contribution in [3.8, 4) is 0 Å². The third-order valence-electron chi connectivity index (χ3n) is 2.91. The van der Waals surface area contributed by atoms with E-state index < -0.39 is 0 Å². The summed E-state index contributed by atoms with van der Waals surface area (Å²) < 4.78 is 6.17. The Morgan fingerprint density at radius 2 is 1.57 bits per heavy atom. The minimum atomic E-state index is -0.0658. The van der Waals surface area contributed by atoms with Crippen molar-refractivity contribution in [2.24, 2.45) is 5.73 Å². The smallest absolute Gasteiger partial charge is 0.0811 e. The second kappa shape index (κ2) is 4.63. The van der Waals surface area contributed by atoms with Crippen LogP contribution in [-0.2, 0) is 4.74 Å². The average molecular weight is 199 g/mol. The maximum absolute atomic E-state index is 6.17. The fraction of sp³-hybridized carbons (Fsp3) is 1.00. The van der Waals surface area contributed by atoms with Crippen LogP contribution in [0.15, 0.2) is 0 Å². The van der Waals surface area contributed by atoms with Gasteiger partial charge >= 0.3 is 0 Å². The fourth-order valence-electron chi connectivity index (χ4n) is 2.37. The predicted octanol–water partition coefficient (Wildman–Crippen LogP) is 2.85. The summed E-state index contributed by atoms with van der Waals surface area (Å²) in [5, 5.41) is 0. The highest BCUT2D eigenvalue weighted by Gasteiger charge is 2.34. The molecule has 0 atom stereocenters. The molecule has 0 radical (unpaired) electrons. The Balaban J connectivity index is 2.63. The number of nitrogens with two attached hydrogens (primary N) is 1. The lowest BCUT2D eigenvalue weighted by Gasteiger charge is -2.38. The third kappa shape index (κ3) is 3.58. The van der Waals surface area contributed by atoms with Gasteiger partial charge in [-0.25, -0.2) is 0 Å². The van der Waals surface area contributed by atoms with Gasteiger partial charge in [-0.2, -0.15) is 0 Å². The molecule has 0 aromatic heterocycles. The molecule has 2 nitrogen and oxygen atoms in total. The fourth-order valence-corrected chi connectivity index (χ4v) is 2.37. The summed E-state index contributed by atoms with van der Waals surface area (Å²) in [6.07, 6.45) is 7.51. The van der Waals surface area contributed by atoms with Gasteiger partial charge in [0.1, 0.15) is 0 Å². The van der Waals surface area contributed by atoms with Crippen LogP contribution in [-0.4, -0.2) is 17.7 Å². The summed E-state index contributed by atoms with van der Waals surface area (Å²) in [4.78, 5) is 0. The normalized spacial score (nSPS) is 23.1. The Kier molecular flexibility index (Phi) is 3.96. The van der Waals surface area contributed by atoms with E-state index in [0.717, 1.165) is 12.8 Å². The van der Waals surface area contributed by atoms with Gasteiger partial charge in [-0.05, 0) is 33.6 Å². The van der Waals surface area contributed by atoms with Gasteiger partial charge in [0.25, 0.3) is 0 Å². The molecule has 1 aliphatic rings. The highest BCUT2D eigenvalue weighted by atomic mass is 16.5. The first-order valence-corrected chi connectivity index (χ1v) is 5.88. The van der Waals surface area contributed by atoms with Crippen LogP contribution >= 0.6 is 0 Å². The summed E-state index contributed by atoms with van der Waals surface area (Å²) in [6, 6.07) is 0. The molecule has 2 N–H and O–H groups in total. The van der Waals surface area contributed by atoms with E-state index in [0.29, 0.717) is 6.54 Å². The molecule has 0 aromatic carbocycles. The molecule has 0 bridgehead atoms. The molecule has 0 heterocycles. The molecule has 14 heavy (non-hydrogen) atoms. The first-order valence-electron chi connectivity index (χ1n) is 5.88. The molecule has 1 saturated carbocycles. The summed E-state index contributed by atoms with van der Waals surface area (Å²) in [5.74, 6) is 0. The van der Waals surface area contributed by atoms with Crippen molar-refractivity contribution >= 4 is 0 Å². The van der Waals surface area contributed by atoms with E-state index in [1.807, 2.05) is 0 Å². The summed E-state index contributed by atoms with van der Waals surface area (Å²) in [7, 11) is 0. The Labute approximate surface area is 88.2 Å². The molecular weight excluding hydrogens is 174 g/mol. The Morgan fingerprint density at radius 1 is 1.07 bits per heavy atom. The van der Waals surface area contributed by atoms with Gasteiger partial charge < -0.3 is 10.5 Å². The van der Waals surface area contributed by atoms with Crippen molar-refractivity contribution in [3.63, 3.8) is 0 Å².